The summed E-state index contributed by atoms with van der Waals surface area (Å²) >= 11 is 1.89. The molecule has 13 aromatic rings. The Balaban J connectivity index is 0.985. The molecule has 0 spiro atoms. The molecule has 0 amide bonds. The number of thiophene rings is 1. The molecule has 5 nitrogen and oxygen atoms in total. The van der Waals surface area contributed by atoms with Gasteiger partial charge < -0.3 is 9.13 Å². The third-order valence-corrected chi connectivity index (χ3v) is 15.9. The Kier molecular flexibility index (Phi) is 9.40. The molecule has 4 aromatic heterocycles. The van der Waals surface area contributed by atoms with Crippen molar-refractivity contribution >= 4 is 75.1 Å². The van der Waals surface area contributed by atoms with Crippen LogP contribution in [0.2, 0.25) is 0 Å². The van der Waals surface area contributed by atoms with Gasteiger partial charge in [0.25, 0.3) is 0 Å². The van der Waals surface area contributed by atoms with Crippen molar-refractivity contribution in [1.82, 2.24) is 23.9 Å². The van der Waals surface area contributed by atoms with E-state index in [0.29, 0.717) is 0 Å². The molecule has 0 atom stereocenters. The summed E-state index contributed by atoms with van der Waals surface area (Å²) in [7, 11) is 0. The topological polar surface area (TPSA) is 40.6 Å². The maximum absolute atomic E-state index is 4.82. The molecule has 0 aliphatic heterocycles. The summed E-state index contributed by atoms with van der Waals surface area (Å²) in [6, 6.07) is 71.4. The number of aryl methyl sites for hydroxylation is 2. The van der Waals surface area contributed by atoms with E-state index in [1.165, 1.54) is 97.2 Å². The minimum atomic E-state index is -0.161. The van der Waals surface area contributed by atoms with Gasteiger partial charge in [-0.15, -0.1) is 21.5 Å². The summed E-state index contributed by atoms with van der Waals surface area (Å²) in [5.41, 5.74) is 16.4. The van der Waals surface area contributed by atoms with E-state index >= 15 is 0 Å². The summed E-state index contributed by atoms with van der Waals surface area (Å²) in [6.45, 7) is 11.2. The Labute approximate surface area is 405 Å². The lowest BCUT2D eigenvalue weighted by atomic mass is 9.89. The van der Waals surface area contributed by atoms with Crippen LogP contribution in [0.5, 0.6) is 0 Å². The van der Waals surface area contributed by atoms with Gasteiger partial charge >= 0.3 is 0 Å². The second-order valence-corrected chi connectivity index (χ2v) is 20.3. The summed E-state index contributed by atoms with van der Waals surface area (Å²) in [4.78, 5) is 0. The summed E-state index contributed by atoms with van der Waals surface area (Å²) in [6.07, 6.45) is 0.946. The quantitative estimate of drug-likeness (QED) is 0.152. The minimum absolute atomic E-state index is 0.161. The molecule has 0 saturated carbocycles. The highest BCUT2D eigenvalue weighted by Gasteiger charge is 2.29. The van der Waals surface area contributed by atoms with E-state index in [-0.39, 0.29) is 5.41 Å². The normalized spacial score (nSPS) is 12.2. The van der Waals surface area contributed by atoms with Crippen LogP contribution in [0.1, 0.15) is 44.1 Å². The lowest BCUT2D eigenvalue weighted by Gasteiger charge is -2.24. The van der Waals surface area contributed by atoms with Crippen molar-refractivity contribution in [2.45, 2.75) is 46.5 Å². The zero-order chi connectivity index (χ0) is 46.5. The van der Waals surface area contributed by atoms with Crippen LogP contribution in [0.25, 0.3) is 114 Å². The highest BCUT2D eigenvalue weighted by Crippen LogP contribution is 2.46. The highest BCUT2D eigenvalue weighted by molar-refractivity contribution is 7.26. The molecule has 0 aliphatic carbocycles. The number of hydrogen-bond donors (Lipinski definition) is 0. The summed E-state index contributed by atoms with van der Waals surface area (Å²) in [5, 5.41) is 17.2. The summed E-state index contributed by atoms with van der Waals surface area (Å²) in [5.74, 6) is 1.83. The first-order chi connectivity index (χ1) is 33.8. The molecule has 0 radical (unpaired) electrons. The molecular formula is C63H49N5S. The van der Waals surface area contributed by atoms with Crippen LogP contribution in [0.15, 0.2) is 194 Å². The number of aromatic nitrogens is 5. The third-order valence-electron chi connectivity index (χ3n) is 14.7. The zero-order valence-corrected chi connectivity index (χ0v) is 40.1. The van der Waals surface area contributed by atoms with Gasteiger partial charge in [0.2, 0.25) is 0 Å². The van der Waals surface area contributed by atoms with Crippen LogP contribution in [0.4, 0.5) is 0 Å². The fourth-order valence-corrected chi connectivity index (χ4v) is 12.0. The Bertz CT molecular complexity index is 4070. The van der Waals surface area contributed by atoms with E-state index in [1.807, 2.05) is 17.4 Å². The SMILES string of the molecule is CCC(C)(C)c1nnc(-c2ccccc2)n1-c1ccc(-c2ccc(-c3cc(-n4c5ccccc5c5ccccc54)cc4c3sc3ccc(-n5c6ccccc6c6ccccc65)cc34)c(C)c2)cc1C. The van der Waals surface area contributed by atoms with Crippen LogP contribution in [-0.4, -0.2) is 23.9 Å². The van der Waals surface area contributed by atoms with Crippen molar-refractivity contribution in [1.29, 1.82) is 0 Å². The number of benzene rings is 9. The minimum Gasteiger partial charge on any atom is -0.309 e. The molecule has 0 fully saturated rings. The molecule has 6 heteroatoms. The molecule has 4 heterocycles. The van der Waals surface area contributed by atoms with E-state index in [4.69, 9.17) is 10.2 Å². The number of fused-ring (bicyclic) bond motifs is 9. The van der Waals surface area contributed by atoms with Crippen LogP contribution >= 0.6 is 11.3 Å². The van der Waals surface area contributed by atoms with Crippen LogP contribution in [0.3, 0.4) is 0 Å². The first-order valence-corrected chi connectivity index (χ1v) is 24.8. The highest BCUT2D eigenvalue weighted by atomic mass is 32.1. The lowest BCUT2D eigenvalue weighted by Crippen LogP contribution is -2.22. The van der Waals surface area contributed by atoms with Crippen molar-refractivity contribution in [3.05, 3.63) is 211 Å². The predicted octanol–water partition coefficient (Wildman–Crippen LogP) is 17.1. The largest absolute Gasteiger partial charge is 0.309 e. The Morgan fingerprint density at radius 3 is 1.55 bits per heavy atom. The molecule has 332 valence electrons. The average molecular weight is 908 g/mol. The van der Waals surface area contributed by atoms with E-state index in [0.717, 1.165) is 40.7 Å². The van der Waals surface area contributed by atoms with E-state index < -0.39 is 0 Å². The first-order valence-electron chi connectivity index (χ1n) is 24.0. The van der Waals surface area contributed by atoms with Crippen molar-refractivity contribution in [3.63, 3.8) is 0 Å². The van der Waals surface area contributed by atoms with Crippen LogP contribution < -0.4 is 0 Å². The van der Waals surface area contributed by atoms with Crippen LogP contribution in [0, 0.1) is 13.8 Å². The van der Waals surface area contributed by atoms with Crippen molar-refractivity contribution in [2.24, 2.45) is 0 Å². The lowest BCUT2D eigenvalue weighted by molar-refractivity contribution is 0.464. The molecule has 9 aromatic carbocycles. The van der Waals surface area contributed by atoms with Crippen molar-refractivity contribution < 1.29 is 0 Å². The van der Waals surface area contributed by atoms with Crippen molar-refractivity contribution in [2.75, 3.05) is 0 Å². The number of nitrogens with zero attached hydrogens (tertiary/aromatic N) is 5. The number of rotatable bonds is 8. The molecule has 0 aliphatic rings. The third kappa shape index (κ3) is 6.43. The van der Waals surface area contributed by atoms with Crippen molar-refractivity contribution in [3.8, 4) is 50.7 Å². The van der Waals surface area contributed by atoms with Gasteiger partial charge in [-0.3, -0.25) is 4.57 Å². The van der Waals surface area contributed by atoms with E-state index in [2.05, 4.69) is 236 Å². The monoisotopic (exact) mass is 907 g/mol. The van der Waals surface area contributed by atoms with Crippen LogP contribution in [-0.2, 0) is 5.41 Å². The zero-order valence-electron chi connectivity index (χ0n) is 39.3. The van der Waals surface area contributed by atoms with Gasteiger partial charge in [0.15, 0.2) is 5.82 Å². The van der Waals surface area contributed by atoms with Gasteiger partial charge in [-0.2, -0.15) is 0 Å². The number of para-hydroxylation sites is 4. The molecule has 69 heavy (non-hydrogen) atoms. The smallest absolute Gasteiger partial charge is 0.168 e. The maximum atomic E-state index is 4.82. The Hall–Kier alpha value is -8.06. The van der Waals surface area contributed by atoms with Gasteiger partial charge in [-0.05, 0) is 115 Å². The summed E-state index contributed by atoms with van der Waals surface area (Å²) < 4.78 is 9.74. The molecule has 0 saturated heterocycles. The molecule has 0 unspecified atom stereocenters. The Morgan fingerprint density at radius 2 is 0.971 bits per heavy atom. The van der Waals surface area contributed by atoms with E-state index in [9.17, 15) is 0 Å². The molecular weight excluding hydrogens is 859 g/mol. The van der Waals surface area contributed by atoms with Gasteiger partial charge in [-0.25, -0.2) is 0 Å². The van der Waals surface area contributed by atoms with Gasteiger partial charge in [-0.1, -0.05) is 148 Å². The van der Waals surface area contributed by atoms with Gasteiger partial charge in [0, 0.05) is 69.6 Å². The number of hydrogen-bond acceptors (Lipinski definition) is 3. The molecule has 0 N–H and O–H groups in total. The fourth-order valence-electron chi connectivity index (χ4n) is 10.8. The average Bonchev–Trinajstić information content (AvgIpc) is 4.16. The second kappa shape index (κ2) is 15.8. The Morgan fingerprint density at radius 1 is 0.435 bits per heavy atom. The van der Waals surface area contributed by atoms with Gasteiger partial charge in [0.05, 0.1) is 27.8 Å². The maximum Gasteiger partial charge on any atom is 0.168 e. The standard InChI is InChI=1S/C63H49N5S/c1-6-63(4,5)62-65-64-61(41-18-8-7-9-19-41)68(62)54-32-29-43(35-40(54)3)42-28-31-46(39(2)34-42)52-37-45(67-57-26-16-12-22-49(57)50-23-13-17-27-58(50)67)38-53-51-36-44(30-33-59(51)69-60(52)53)66-55-24-14-10-20-47(55)48-21-11-15-25-56(48)66/h7-38H,6H2,1-5H3. The molecule has 13 rings (SSSR count). The van der Waals surface area contributed by atoms with E-state index in [1.54, 1.807) is 0 Å². The first kappa shape index (κ1) is 41.2. The molecule has 0 bridgehead atoms. The fraction of sp³-hybridized carbons (Fsp3) is 0.111. The predicted molar refractivity (Wildman–Crippen MR) is 292 cm³/mol. The second-order valence-electron chi connectivity index (χ2n) is 19.2. The van der Waals surface area contributed by atoms with Gasteiger partial charge in [0.1, 0.15) is 5.82 Å².